The van der Waals surface area contributed by atoms with Crippen LogP contribution in [-0.4, -0.2) is 65.2 Å². The standard InChI is InChI=1S/C23H32F2N4O.C5H9NO2/c1-15-19(14-26-28-15)20(21(30)27-17-10-12-23(24,25)13-11-17)29(5)18-8-6-16(7-9-18)22(2,3)4;7-3-4-1-5(8)2-6-4/h6-9,14,17,20H,10-13H2,1-5H3,(H,26,28)(H,27,30);3-6,8H,1-2H2. The highest BCUT2D eigenvalue weighted by atomic mass is 19.3. The van der Waals surface area contributed by atoms with E-state index >= 15 is 0 Å². The number of aromatic nitrogens is 2. The first-order valence-corrected chi connectivity index (χ1v) is 13.2. The molecule has 2 aromatic rings. The fourth-order valence-electron chi connectivity index (χ4n) is 4.82. The molecule has 4 N–H and O–H groups in total. The van der Waals surface area contributed by atoms with Crippen LogP contribution < -0.4 is 15.5 Å². The molecule has 8 nitrogen and oxygen atoms in total. The predicted molar refractivity (Wildman–Crippen MR) is 143 cm³/mol. The number of rotatable bonds is 6. The highest BCUT2D eigenvalue weighted by Gasteiger charge is 2.37. The second-order valence-electron chi connectivity index (χ2n) is 11.4. The lowest BCUT2D eigenvalue weighted by molar-refractivity contribution is -0.124. The largest absolute Gasteiger partial charge is 0.392 e. The molecule has 1 amide bonds. The number of nitrogens with one attached hydrogen (secondary N) is 3. The van der Waals surface area contributed by atoms with Crippen LogP contribution in [0.2, 0.25) is 0 Å². The van der Waals surface area contributed by atoms with Crippen LogP contribution in [-0.2, 0) is 15.0 Å². The van der Waals surface area contributed by atoms with Gasteiger partial charge in [-0.25, -0.2) is 8.78 Å². The fourth-order valence-corrected chi connectivity index (χ4v) is 4.82. The molecular weight excluding hydrogens is 492 g/mol. The fraction of sp³-hybridized carbons (Fsp3) is 0.607. The van der Waals surface area contributed by atoms with Gasteiger partial charge in [0.15, 0.2) is 0 Å². The van der Waals surface area contributed by atoms with E-state index in [1.807, 2.05) is 31.0 Å². The summed E-state index contributed by atoms with van der Waals surface area (Å²) in [6.07, 6.45) is 2.97. The summed E-state index contributed by atoms with van der Waals surface area (Å²) >= 11 is 0. The van der Waals surface area contributed by atoms with E-state index in [9.17, 15) is 18.4 Å². The summed E-state index contributed by atoms with van der Waals surface area (Å²) in [4.78, 5) is 25.2. The van der Waals surface area contributed by atoms with Gasteiger partial charge in [0.2, 0.25) is 11.8 Å². The summed E-state index contributed by atoms with van der Waals surface area (Å²) in [6.45, 7) is 8.91. The van der Waals surface area contributed by atoms with Crippen molar-refractivity contribution in [3.05, 3.63) is 47.3 Å². The summed E-state index contributed by atoms with van der Waals surface area (Å²) in [5.74, 6) is -2.81. The quantitative estimate of drug-likeness (QED) is 0.421. The minimum atomic E-state index is -2.62. The van der Waals surface area contributed by atoms with E-state index in [2.05, 4.69) is 53.7 Å². The Balaban J connectivity index is 0.000000427. The molecule has 4 rings (SSSR count). The van der Waals surface area contributed by atoms with Gasteiger partial charge in [-0.15, -0.1) is 0 Å². The molecular formula is C28H41F2N5O3. The number of halogens is 2. The second kappa shape index (κ2) is 12.3. The zero-order valence-corrected chi connectivity index (χ0v) is 22.9. The third-order valence-corrected chi connectivity index (χ3v) is 7.31. The molecule has 3 unspecified atom stereocenters. The van der Waals surface area contributed by atoms with Crippen molar-refractivity contribution in [2.24, 2.45) is 0 Å². The van der Waals surface area contributed by atoms with Crippen LogP contribution in [0.15, 0.2) is 30.5 Å². The molecule has 1 aromatic heterocycles. The summed E-state index contributed by atoms with van der Waals surface area (Å²) in [6, 6.07) is 7.23. The Bertz CT molecular complexity index is 1060. The number of H-pyrrole nitrogens is 1. The molecule has 0 radical (unpaired) electrons. The van der Waals surface area contributed by atoms with Gasteiger partial charge in [-0.3, -0.25) is 9.89 Å². The first-order valence-electron chi connectivity index (χ1n) is 13.2. The van der Waals surface area contributed by atoms with Crippen LogP contribution in [0.25, 0.3) is 0 Å². The third-order valence-electron chi connectivity index (χ3n) is 7.31. The SMILES string of the molecule is Cc1[nH]ncc1C(C(=O)NC1CCC(F)(F)CC1)N(C)c1ccc(C(C)(C)C)cc1.O=CC1CC(O)CN1. The molecule has 210 valence electrons. The van der Waals surface area contributed by atoms with E-state index < -0.39 is 12.0 Å². The molecule has 2 aliphatic rings. The second-order valence-corrected chi connectivity index (χ2v) is 11.4. The molecule has 1 aliphatic heterocycles. The molecule has 38 heavy (non-hydrogen) atoms. The maximum Gasteiger partial charge on any atom is 0.248 e. The van der Waals surface area contributed by atoms with Crippen molar-refractivity contribution in [1.82, 2.24) is 20.8 Å². The van der Waals surface area contributed by atoms with Gasteiger partial charge in [-0.05, 0) is 49.3 Å². The molecule has 0 spiro atoms. The lowest BCUT2D eigenvalue weighted by Crippen LogP contribution is -2.46. The average molecular weight is 534 g/mol. The molecule has 1 saturated carbocycles. The van der Waals surface area contributed by atoms with Crippen LogP contribution in [0.3, 0.4) is 0 Å². The molecule has 3 atom stereocenters. The van der Waals surface area contributed by atoms with Gasteiger partial charge >= 0.3 is 0 Å². The van der Waals surface area contributed by atoms with E-state index in [-0.39, 0.29) is 42.4 Å². The van der Waals surface area contributed by atoms with Gasteiger partial charge in [0.05, 0.1) is 18.3 Å². The Labute approximate surface area is 223 Å². The first-order chi connectivity index (χ1) is 17.8. The van der Waals surface area contributed by atoms with Crippen LogP contribution in [0, 0.1) is 6.92 Å². The number of aryl methyl sites for hydroxylation is 1. The van der Waals surface area contributed by atoms with Crippen LogP contribution in [0.4, 0.5) is 14.5 Å². The lowest BCUT2D eigenvalue weighted by Gasteiger charge is -2.33. The van der Waals surface area contributed by atoms with Crippen LogP contribution in [0.5, 0.6) is 0 Å². The van der Waals surface area contributed by atoms with Gasteiger partial charge in [0, 0.05) is 49.4 Å². The molecule has 1 aliphatic carbocycles. The van der Waals surface area contributed by atoms with Crippen molar-refractivity contribution in [3.63, 3.8) is 0 Å². The summed E-state index contributed by atoms with van der Waals surface area (Å²) in [7, 11) is 1.87. The number of likely N-dealkylation sites (N-methyl/N-ethyl adjacent to an activating group) is 1. The number of amides is 1. The molecule has 1 saturated heterocycles. The van der Waals surface area contributed by atoms with E-state index in [1.165, 1.54) is 5.56 Å². The Kier molecular flexibility index (Phi) is 9.64. The Morgan fingerprint density at radius 2 is 1.87 bits per heavy atom. The van der Waals surface area contributed by atoms with E-state index in [0.29, 0.717) is 25.8 Å². The van der Waals surface area contributed by atoms with Gasteiger partial charge in [0.25, 0.3) is 0 Å². The van der Waals surface area contributed by atoms with Gasteiger partial charge in [-0.2, -0.15) is 5.10 Å². The van der Waals surface area contributed by atoms with Gasteiger partial charge in [0.1, 0.15) is 12.3 Å². The third kappa shape index (κ3) is 7.83. The van der Waals surface area contributed by atoms with Gasteiger partial charge < -0.3 is 25.4 Å². The zero-order valence-electron chi connectivity index (χ0n) is 22.9. The molecule has 0 bridgehead atoms. The van der Waals surface area contributed by atoms with Crippen molar-refractivity contribution in [1.29, 1.82) is 0 Å². The predicted octanol–water partition coefficient (Wildman–Crippen LogP) is 3.80. The maximum atomic E-state index is 13.5. The Morgan fingerprint density at radius 3 is 2.32 bits per heavy atom. The van der Waals surface area contributed by atoms with E-state index in [1.54, 1.807) is 6.20 Å². The number of nitrogens with zero attached hydrogens (tertiary/aromatic N) is 2. The van der Waals surface area contributed by atoms with Crippen molar-refractivity contribution < 1.29 is 23.5 Å². The van der Waals surface area contributed by atoms with E-state index in [4.69, 9.17) is 5.11 Å². The number of aromatic amines is 1. The van der Waals surface area contributed by atoms with Crippen molar-refractivity contribution in [3.8, 4) is 0 Å². The molecule has 1 aromatic carbocycles. The lowest BCUT2D eigenvalue weighted by atomic mass is 9.87. The van der Waals surface area contributed by atoms with Crippen molar-refractivity contribution in [2.75, 3.05) is 18.5 Å². The summed E-state index contributed by atoms with van der Waals surface area (Å²) in [5.41, 5.74) is 3.74. The number of benzene rings is 1. The van der Waals surface area contributed by atoms with Crippen LogP contribution in [0.1, 0.15) is 75.7 Å². The first kappa shape index (κ1) is 29.7. The number of aliphatic hydroxyl groups excluding tert-OH is 1. The van der Waals surface area contributed by atoms with Gasteiger partial charge in [-0.1, -0.05) is 32.9 Å². The molecule has 10 heteroatoms. The number of alkyl halides is 2. The Hall–Kier alpha value is -2.85. The normalized spacial score (nSPS) is 22.2. The topological polar surface area (TPSA) is 110 Å². The number of aliphatic hydroxyl groups is 1. The minimum absolute atomic E-state index is 0.0398. The summed E-state index contributed by atoms with van der Waals surface area (Å²) in [5, 5.41) is 21.6. The average Bonchev–Trinajstić information content (AvgIpc) is 3.48. The molecule has 2 heterocycles. The number of aldehydes is 1. The zero-order chi connectivity index (χ0) is 28.1. The van der Waals surface area contributed by atoms with Crippen LogP contribution >= 0.6 is 0 Å². The number of anilines is 1. The number of hydrogen-bond donors (Lipinski definition) is 4. The van der Waals surface area contributed by atoms with E-state index in [0.717, 1.165) is 23.2 Å². The Morgan fingerprint density at radius 1 is 1.24 bits per heavy atom. The highest BCUT2D eigenvalue weighted by Crippen LogP contribution is 2.34. The van der Waals surface area contributed by atoms with Crippen molar-refractivity contribution in [2.45, 2.75) is 95.4 Å². The summed E-state index contributed by atoms with van der Waals surface area (Å²) < 4.78 is 27.0. The molecule has 2 fully saturated rings. The number of hydrogen-bond acceptors (Lipinski definition) is 6. The number of carbonyl (C=O) groups is 2. The highest BCUT2D eigenvalue weighted by molar-refractivity contribution is 5.87. The number of β-amino-alcohol motifs (C(OH)–C–C–N with tert-alkyl or cyclic N) is 1. The van der Waals surface area contributed by atoms with Crippen molar-refractivity contribution >= 4 is 17.9 Å². The maximum absolute atomic E-state index is 13.5. The number of carbonyl (C=O) groups excluding carboxylic acids is 2. The monoisotopic (exact) mass is 533 g/mol. The smallest absolute Gasteiger partial charge is 0.248 e. The minimum Gasteiger partial charge on any atom is -0.392 e.